The molecule has 23 heavy (non-hydrogen) atoms. The minimum atomic E-state index is -2.02. The van der Waals surface area contributed by atoms with E-state index in [-0.39, 0.29) is 12.0 Å². The van der Waals surface area contributed by atoms with Crippen molar-refractivity contribution in [3.8, 4) is 0 Å². The summed E-state index contributed by atoms with van der Waals surface area (Å²) < 4.78 is 20.4. The normalized spacial score (nSPS) is 42.2. The number of thioether (sulfide) groups is 1. The number of amides is 1. The SMILES string of the molecule is COC1CC2CSC(NC(=O)O)=NC2(C2C=CC=CC2(N)F)C1. The molecule has 1 saturated carbocycles. The lowest BCUT2D eigenvalue weighted by molar-refractivity contribution is 0.0733. The molecule has 1 aliphatic heterocycles. The Morgan fingerprint density at radius 3 is 3.04 bits per heavy atom. The zero-order valence-electron chi connectivity index (χ0n) is 12.7. The van der Waals surface area contributed by atoms with Crippen LogP contribution >= 0.6 is 11.8 Å². The summed E-state index contributed by atoms with van der Waals surface area (Å²) in [6, 6.07) is 0. The Labute approximate surface area is 138 Å². The van der Waals surface area contributed by atoms with Gasteiger partial charge >= 0.3 is 6.09 Å². The van der Waals surface area contributed by atoms with Crippen molar-refractivity contribution in [2.75, 3.05) is 12.9 Å². The molecule has 8 heteroatoms. The molecule has 2 aliphatic carbocycles. The number of hydrogen-bond donors (Lipinski definition) is 3. The Bertz CT molecular complexity index is 593. The van der Waals surface area contributed by atoms with Crippen LogP contribution in [0.1, 0.15) is 12.8 Å². The summed E-state index contributed by atoms with van der Waals surface area (Å²) in [5.41, 5.74) is 5.08. The number of nitrogens with two attached hydrogens (primary N) is 1. The highest BCUT2D eigenvalue weighted by atomic mass is 32.2. The van der Waals surface area contributed by atoms with Crippen molar-refractivity contribution < 1.29 is 19.0 Å². The second kappa shape index (κ2) is 5.92. The smallest absolute Gasteiger partial charge is 0.410 e. The van der Waals surface area contributed by atoms with Crippen LogP contribution in [0.5, 0.6) is 0 Å². The maximum Gasteiger partial charge on any atom is 0.410 e. The number of nitrogens with one attached hydrogen (secondary N) is 1. The van der Waals surface area contributed by atoms with Gasteiger partial charge in [-0.2, -0.15) is 0 Å². The van der Waals surface area contributed by atoms with E-state index in [0.717, 1.165) is 6.42 Å². The average Bonchev–Trinajstić information content (AvgIpc) is 2.84. The van der Waals surface area contributed by atoms with Gasteiger partial charge in [-0.1, -0.05) is 30.0 Å². The van der Waals surface area contributed by atoms with E-state index in [0.29, 0.717) is 17.3 Å². The lowest BCUT2D eigenvalue weighted by atomic mass is 9.71. The number of allylic oxidation sites excluding steroid dienone is 2. The number of rotatable bonds is 2. The third-order valence-corrected chi connectivity index (χ3v) is 5.90. The monoisotopic (exact) mass is 341 g/mol. The summed E-state index contributed by atoms with van der Waals surface area (Å²) in [5, 5.41) is 11.5. The molecule has 0 saturated heterocycles. The molecule has 0 aromatic carbocycles. The largest absolute Gasteiger partial charge is 0.465 e. The van der Waals surface area contributed by atoms with Crippen molar-refractivity contribution in [1.82, 2.24) is 5.32 Å². The highest BCUT2D eigenvalue weighted by Gasteiger charge is 2.58. The van der Waals surface area contributed by atoms with Crippen molar-refractivity contribution in [2.45, 2.75) is 30.3 Å². The standard InChI is InChI=1S/C15H20FN3O3S/c1-22-10-6-9-8-23-12(18-13(20)21)19-14(9,7-10)11-4-2-3-5-15(11,16)17/h2-5,9-11H,6-8,17H2,1H3,(H,18,19)(H,20,21). The molecule has 0 aromatic rings. The number of carboxylic acid groups (broad SMARTS) is 1. The first-order valence-electron chi connectivity index (χ1n) is 7.46. The van der Waals surface area contributed by atoms with Crippen molar-refractivity contribution in [3.05, 3.63) is 24.3 Å². The third-order valence-electron chi connectivity index (χ3n) is 4.87. The number of fused-ring (bicyclic) bond motifs is 1. The Kier molecular flexibility index (Phi) is 4.24. The number of ether oxygens (including phenoxy) is 1. The van der Waals surface area contributed by atoms with Gasteiger partial charge in [-0.25, -0.2) is 9.18 Å². The van der Waals surface area contributed by atoms with E-state index in [1.807, 2.05) is 0 Å². The number of hydrogen-bond acceptors (Lipinski definition) is 5. The number of nitrogens with zero attached hydrogens (tertiary/aromatic N) is 1. The Balaban J connectivity index is 2.02. The van der Waals surface area contributed by atoms with Gasteiger partial charge in [-0.15, -0.1) is 0 Å². The molecule has 0 bridgehead atoms. The minimum Gasteiger partial charge on any atom is -0.465 e. The van der Waals surface area contributed by atoms with E-state index < -0.39 is 23.3 Å². The quantitative estimate of drug-likeness (QED) is 0.667. The zero-order valence-corrected chi connectivity index (χ0v) is 13.6. The highest BCUT2D eigenvalue weighted by molar-refractivity contribution is 8.13. The highest BCUT2D eigenvalue weighted by Crippen LogP contribution is 2.53. The van der Waals surface area contributed by atoms with E-state index in [9.17, 15) is 9.18 Å². The number of alkyl halides is 1. The van der Waals surface area contributed by atoms with Gasteiger partial charge < -0.3 is 9.84 Å². The molecule has 3 rings (SSSR count). The first-order chi connectivity index (χ1) is 10.9. The summed E-state index contributed by atoms with van der Waals surface area (Å²) in [7, 11) is 1.63. The lowest BCUT2D eigenvalue weighted by Gasteiger charge is -2.45. The number of carbonyl (C=O) groups is 1. The fraction of sp³-hybridized carbons (Fsp3) is 0.600. The number of methoxy groups -OCH3 is 1. The summed E-state index contributed by atoms with van der Waals surface area (Å²) >= 11 is 1.34. The third kappa shape index (κ3) is 2.90. The van der Waals surface area contributed by atoms with E-state index in [4.69, 9.17) is 15.6 Å². The lowest BCUT2D eigenvalue weighted by Crippen LogP contribution is -2.56. The molecule has 126 valence electrons. The van der Waals surface area contributed by atoms with Gasteiger partial charge in [0.25, 0.3) is 0 Å². The van der Waals surface area contributed by atoms with E-state index in [2.05, 4.69) is 10.3 Å². The summed E-state index contributed by atoms with van der Waals surface area (Å²) in [6.07, 6.45) is 6.50. The van der Waals surface area contributed by atoms with Gasteiger partial charge in [0.05, 0.1) is 17.6 Å². The van der Waals surface area contributed by atoms with Crippen LogP contribution in [-0.2, 0) is 4.74 Å². The maximum atomic E-state index is 15.0. The molecule has 3 aliphatic rings. The van der Waals surface area contributed by atoms with E-state index in [1.54, 1.807) is 25.3 Å². The van der Waals surface area contributed by atoms with Gasteiger partial charge in [0, 0.05) is 12.9 Å². The van der Waals surface area contributed by atoms with Gasteiger partial charge in [0.15, 0.2) is 11.0 Å². The summed E-state index contributed by atoms with van der Waals surface area (Å²) in [4.78, 5) is 15.6. The second-order valence-corrected chi connectivity index (χ2v) is 7.20. The molecule has 6 nitrogen and oxygen atoms in total. The molecule has 0 aromatic heterocycles. The fourth-order valence-electron chi connectivity index (χ4n) is 3.85. The van der Waals surface area contributed by atoms with Crippen LogP contribution in [-0.4, -0.2) is 46.7 Å². The van der Waals surface area contributed by atoms with Crippen LogP contribution in [0, 0.1) is 11.8 Å². The fourth-order valence-corrected chi connectivity index (χ4v) is 5.03. The Morgan fingerprint density at radius 2 is 2.39 bits per heavy atom. The molecule has 5 atom stereocenters. The molecule has 1 heterocycles. The predicted octanol–water partition coefficient (Wildman–Crippen LogP) is 1.89. The Morgan fingerprint density at radius 1 is 1.61 bits per heavy atom. The van der Waals surface area contributed by atoms with Gasteiger partial charge in [-0.05, 0) is 24.8 Å². The number of amidine groups is 1. The first kappa shape index (κ1) is 16.5. The number of aliphatic imine (C=N–C) groups is 1. The second-order valence-electron chi connectivity index (χ2n) is 6.19. The molecule has 1 amide bonds. The molecule has 0 radical (unpaired) electrons. The van der Waals surface area contributed by atoms with Gasteiger partial charge in [0.1, 0.15) is 0 Å². The van der Waals surface area contributed by atoms with Crippen LogP contribution in [0.2, 0.25) is 0 Å². The molecule has 0 spiro atoms. The van der Waals surface area contributed by atoms with Gasteiger partial charge in [-0.3, -0.25) is 16.0 Å². The van der Waals surface area contributed by atoms with E-state index in [1.165, 1.54) is 17.8 Å². The van der Waals surface area contributed by atoms with Crippen molar-refractivity contribution in [1.29, 1.82) is 0 Å². The average molecular weight is 341 g/mol. The van der Waals surface area contributed by atoms with Crippen LogP contribution in [0.4, 0.5) is 9.18 Å². The molecule has 4 N–H and O–H groups in total. The zero-order chi connectivity index (χ0) is 16.7. The molecule has 1 fully saturated rings. The predicted molar refractivity (Wildman–Crippen MR) is 87.1 cm³/mol. The number of halogens is 1. The van der Waals surface area contributed by atoms with Gasteiger partial charge in [0.2, 0.25) is 0 Å². The molecular weight excluding hydrogens is 321 g/mol. The van der Waals surface area contributed by atoms with Crippen LogP contribution < -0.4 is 11.1 Å². The van der Waals surface area contributed by atoms with E-state index >= 15 is 0 Å². The van der Waals surface area contributed by atoms with Crippen LogP contribution in [0.25, 0.3) is 0 Å². The maximum absolute atomic E-state index is 15.0. The van der Waals surface area contributed by atoms with Crippen molar-refractivity contribution in [2.24, 2.45) is 22.6 Å². The topological polar surface area (TPSA) is 96.9 Å². The first-order valence-corrected chi connectivity index (χ1v) is 8.45. The Hall–Kier alpha value is -1.38. The minimum absolute atomic E-state index is 0.0383. The van der Waals surface area contributed by atoms with Crippen molar-refractivity contribution >= 4 is 23.0 Å². The molecular formula is C15H20FN3O3S. The summed E-state index contributed by atoms with van der Waals surface area (Å²) in [5.74, 6) is -1.94. The van der Waals surface area contributed by atoms with Crippen LogP contribution in [0.3, 0.4) is 0 Å². The van der Waals surface area contributed by atoms with Crippen molar-refractivity contribution in [3.63, 3.8) is 0 Å². The molecule has 5 unspecified atom stereocenters. The summed E-state index contributed by atoms with van der Waals surface area (Å²) in [6.45, 7) is 0. The van der Waals surface area contributed by atoms with Crippen LogP contribution in [0.15, 0.2) is 29.3 Å².